The summed E-state index contributed by atoms with van der Waals surface area (Å²) < 4.78 is 24.5. The fourth-order valence-corrected chi connectivity index (χ4v) is 3.38. The van der Waals surface area contributed by atoms with E-state index in [0.29, 0.717) is 17.3 Å². The molecule has 0 saturated heterocycles. The van der Waals surface area contributed by atoms with Crippen LogP contribution < -0.4 is 14.1 Å². The van der Waals surface area contributed by atoms with Crippen molar-refractivity contribution in [2.24, 2.45) is 0 Å². The smallest absolute Gasteiger partial charge is 0.400 e. The number of benzene rings is 2. The molecule has 0 aliphatic carbocycles. The molecule has 0 aliphatic rings. The Balaban J connectivity index is 1.89. The average Bonchev–Trinajstić information content (AvgIpc) is 2.56. The van der Waals surface area contributed by atoms with Gasteiger partial charge in [0.05, 0.1) is 0 Å². The lowest BCUT2D eigenvalue weighted by molar-refractivity contribution is 0.392. The van der Waals surface area contributed by atoms with Crippen LogP contribution in [-0.2, 0) is 4.57 Å². The molecule has 5 nitrogen and oxygen atoms in total. The average molecular weight is 340 g/mol. The zero-order valence-electron chi connectivity index (χ0n) is 13.1. The summed E-state index contributed by atoms with van der Waals surface area (Å²) >= 11 is 0. The fourth-order valence-electron chi connectivity index (χ4n) is 2.05. The summed E-state index contributed by atoms with van der Waals surface area (Å²) in [4.78, 5) is 4.30. The number of nitrogens with one attached hydrogen (secondary N) is 1. The third-order valence-electron chi connectivity index (χ3n) is 3.08. The molecular formula is C18H17N2O3P. The number of hydrogen-bond acceptors (Lipinski definition) is 4. The van der Waals surface area contributed by atoms with Crippen molar-refractivity contribution < 1.29 is 13.6 Å². The minimum Gasteiger partial charge on any atom is -0.400 e. The highest BCUT2D eigenvalue weighted by Gasteiger charge is 2.29. The highest BCUT2D eigenvalue weighted by atomic mass is 31.2. The third kappa shape index (κ3) is 4.37. The summed E-state index contributed by atoms with van der Waals surface area (Å²) in [6.07, 6.45) is 0. The molecule has 1 aromatic heterocycles. The number of anilines is 1. The van der Waals surface area contributed by atoms with Crippen LogP contribution in [0.2, 0.25) is 0 Å². The van der Waals surface area contributed by atoms with E-state index >= 15 is 0 Å². The van der Waals surface area contributed by atoms with Gasteiger partial charge in [-0.1, -0.05) is 42.5 Å². The van der Waals surface area contributed by atoms with Gasteiger partial charge in [-0.3, -0.25) is 5.09 Å². The van der Waals surface area contributed by atoms with E-state index in [0.717, 1.165) is 5.69 Å². The molecule has 0 saturated carbocycles. The lowest BCUT2D eigenvalue weighted by Crippen LogP contribution is -2.10. The second-order valence-electron chi connectivity index (χ2n) is 5.08. The second kappa shape index (κ2) is 7.20. The molecule has 0 unspecified atom stereocenters. The van der Waals surface area contributed by atoms with Crippen LogP contribution >= 0.6 is 7.75 Å². The van der Waals surface area contributed by atoms with Crippen LogP contribution in [0.5, 0.6) is 11.5 Å². The van der Waals surface area contributed by atoms with Crippen molar-refractivity contribution in [1.82, 2.24) is 4.98 Å². The predicted molar refractivity (Wildman–Crippen MR) is 94.3 cm³/mol. The summed E-state index contributed by atoms with van der Waals surface area (Å²) in [5.74, 6) is 1.30. The first kappa shape index (κ1) is 16.1. The SMILES string of the molecule is Cc1cccc(NP(=O)(Oc2ccccc2)Oc2ccccc2)n1. The molecule has 0 bridgehead atoms. The highest BCUT2D eigenvalue weighted by molar-refractivity contribution is 7.56. The molecule has 122 valence electrons. The van der Waals surface area contributed by atoms with E-state index < -0.39 is 7.75 Å². The first-order chi connectivity index (χ1) is 11.6. The molecule has 0 fully saturated rings. The van der Waals surface area contributed by atoms with Gasteiger partial charge in [-0.15, -0.1) is 0 Å². The van der Waals surface area contributed by atoms with Crippen molar-refractivity contribution in [3.63, 3.8) is 0 Å². The number of rotatable bonds is 6. The second-order valence-corrected chi connectivity index (χ2v) is 6.67. The summed E-state index contributed by atoms with van der Waals surface area (Å²) in [7, 11) is -3.72. The Kier molecular flexibility index (Phi) is 4.82. The molecular weight excluding hydrogens is 323 g/mol. The Morgan fingerprint density at radius 2 is 1.33 bits per heavy atom. The van der Waals surface area contributed by atoms with Crippen LogP contribution in [-0.4, -0.2) is 4.98 Å². The Labute approximate surface area is 140 Å². The Hall–Kier alpha value is -2.78. The van der Waals surface area contributed by atoms with Crippen molar-refractivity contribution in [2.75, 3.05) is 5.09 Å². The zero-order chi connectivity index (χ0) is 16.8. The molecule has 24 heavy (non-hydrogen) atoms. The van der Waals surface area contributed by atoms with Gasteiger partial charge in [0.25, 0.3) is 0 Å². The molecule has 1 N–H and O–H groups in total. The van der Waals surface area contributed by atoms with Gasteiger partial charge in [0.2, 0.25) is 0 Å². The topological polar surface area (TPSA) is 60.5 Å². The molecule has 0 atom stereocenters. The summed E-state index contributed by atoms with van der Waals surface area (Å²) in [6.45, 7) is 1.85. The monoisotopic (exact) mass is 340 g/mol. The van der Waals surface area contributed by atoms with Crippen LogP contribution in [0.25, 0.3) is 0 Å². The lowest BCUT2D eigenvalue weighted by Gasteiger charge is -2.20. The van der Waals surface area contributed by atoms with Gasteiger partial charge < -0.3 is 9.05 Å². The molecule has 2 aromatic carbocycles. The number of aryl methyl sites for hydroxylation is 1. The van der Waals surface area contributed by atoms with Crippen LogP contribution in [0.1, 0.15) is 5.69 Å². The molecule has 0 spiro atoms. The van der Waals surface area contributed by atoms with E-state index in [1.54, 1.807) is 54.6 Å². The number of pyridine rings is 1. The largest absolute Gasteiger partial charge is 0.542 e. The quantitative estimate of drug-likeness (QED) is 0.635. The molecule has 0 amide bonds. The van der Waals surface area contributed by atoms with Crippen molar-refractivity contribution >= 4 is 13.6 Å². The lowest BCUT2D eigenvalue weighted by atomic mass is 10.3. The number of para-hydroxylation sites is 2. The summed E-state index contributed by atoms with van der Waals surface area (Å²) in [5, 5.41) is 2.79. The molecule has 3 rings (SSSR count). The van der Waals surface area contributed by atoms with Gasteiger partial charge in [0.1, 0.15) is 17.3 Å². The minimum absolute atomic E-state index is 0.421. The van der Waals surface area contributed by atoms with Crippen molar-refractivity contribution in [3.05, 3.63) is 84.6 Å². The normalized spacial score (nSPS) is 10.9. The first-order valence-corrected chi connectivity index (χ1v) is 8.98. The maximum absolute atomic E-state index is 13.2. The van der Waals surface area contributed by atoms with Gasteiger partial charge >= 0.3 is 7.75 Å². The maximum Gasteiger partial charge on any atom is 0.542 e. The first-order valence-electron chi connectivity index (χ1n) is 7.44. The van der Waals surface area contributed by atoms with E-state index in [2.05, 4.69) is 10.1 Å². The minimum atomic E-state index is -3.72. The van der Waals surface area contributed by atoms with Crippen molar-refractivity contribution in [2.45, 2.75) is 6.92 Å². The van der Waals surface area contributed by atoms with E-state index in [4.69, 9.17) is 9.05 Å². The molecule has 6 heteroatoms. The molecule has 0 aliphatic heterocycles. The van der Waals surface area contributed by atoms with E-state index in [1.165, 1.54) is 0 Å². The highest BCUT2D eigenvalue weighted by Crippen LogP contribution is 2.47. The molecule has 1 heterocycles. The van der Waals surface area contributed by atoms with Crippen LogP contribution in [0, 0.1) is 6.92 Å². The van der Waals surface area contributed by atoms with E-state index in [9.17, 15) is 4.57 Å². The van der Waals surface area contributed by atoms with Gasteiger partial charge in [-0.2, -0.15) is 0 Å². The van der Waals surface area contributed by atoms with Crippen LogP contribution in [0.15, 0.2) is 78.9 Å². The maximum atomic E-state index is 13.2. The Morgan fingerprint density at radius 3 is 1.83 bits per heavy atom. The summed E-state index contributed by atoms with van der Waals surface area (Å²) in [5.41, 5.74) is 0.797. The van der Waals surface area contributed by atoms with Crippen LogP contribution in [0.4, 0.5) is 5.82 Å². The number of hydrogen-bond donors (Lipinski definition) is 1. The molecule has 3 aromatic rings. The van der Waals surface area contributed by atoms with E-state index in [1.807, 2.05) is 31.2 Å². The Morgan fingerprint density at radius 1 is 0.792 bits per heavy atom. The third-order valence-corrected chi connectivity index (χ3v) is 4.48. The van der Waals surface area contributed by atoms with Gasteiger partial charge in [0.15, 0.2) is 0 Å². The van der Waals surface area contributed by atoms with Crippen molar-refractivity contribution in [1.29, 1.82) is 0 Å². The fraction of sp³-hybridized carbons (Fsp3) is 0.0556. The van der Waals surface area contributed by atoms with Gasteiger partial charge in [-0.05, 0) is 43.3 Å². The standard InChI is InChI=1S/C18H17N2O3P/c1-15-9-8-14-18(19-15)20-24(21,22-16-10-4-2-5-11-16)23-17-12-6-3-7-13-17/h2-14H,1H3,(H,19,20,21). The number of aromatic nitrogens is 1. The van der Waals surface area contributed by atoms with E-state index in [-0.39, 0.29) is 0 Å². The molecule has 0 radical (unpaired) electrons. The van der Waals surface area contributed by atoms with Crippen LogP contribution in [0.3, 0.4) is 0 Å². The van der Waals surface area contributed by atoms with Crippen molar-refractivity contribution in [3.8, 4) is 11.5 Å². The van der Waals surface area contributed by atoms with Gasteiger partial charge in [-0.25, -0.2) is 9.55 Å². The zero-order valence-corrected chi connectivity index (χ0v) is 14.0. The van der Waals surface area contributed by atoms with Gasteiger partial charge in [0, 0.05) is 5.69 Å². The number of nitrogens with zero attached hydrogens (tertiary/aromatic N) is 1. The summed E-state index contributed by atoms with van der Waals surface area (Å²) in [6, 6.07) is 23.1. The Bertz CT molecular complexity index is 796. The predicted octanol–water partition coefficient (Wildman–Crippen LogP) is 5.07.